The van der Waals surface area contributed by atoms with Crippen LogP contribution < -0.4 is 21.2 Å². The number of non-ortho nitro benzene ring substituents is 1. The maximum atomic E-state index is 10.4. The highest BCUT2D eigenvalue weighted by Gasteiger charge is 2.15. The molecule has 0 spiro atoms. The van der Waals surface area contributed by atoms with Crippen LogP contribution in [0.25, 0.3) is 0 Å². The molecule has 0 heterocycles. The summed E-state index contributed by atoms with van der Waals surface area (Å²) in [5, 5.41) is 10.1. The minimum absolute atomic E-state index is 0.0366. The van der Waals surface area contributed by atoms with Crippen molar-refractivity contribution in [2.45, 2.75) is 44.4 Å². The molecule has 3 aromatic carbocycles. The lowest BCUT2D eigenvalue weighted by atomic mass is 10.0. The molecule has 0 aromatic heterocycles. The van der Waals surface area contributed by atoms with Gasteiger partial charge in [0, 0.05) is 12.1 Å². The smallest absolute Gasteiger partial charge is 0.357 e. The molecule has 0 aliphatic rings. The van der Waals surface area contributed by atoms with Crippen molar-refractivity contribution in [3.8, 4) is 0 Å². The van der Waals surface area contributed by atoms with Gasteiger partial charge < -0.3 is 4.55 Å². The molecule has 0 atom stereocenters. The molecule has 0 bridgehead atoms. The molecule has 0 aliphatic carbocycles. The lowest BCUT2D eigenvalue weighted by Crippen LogP contribution is -3.61. The van der Waals surface area contributed by atoms with Gasteiger partial charge >= 0.3 is 21.2 Å². The molecule has 3 aromatic rings. The predicted molar refractivity (Wildman–Crippen MR) is 120 cm³/mol. The third kappa shape index (κ3) is 7.99. The Morgan fingerprint density at radius 3 is 1.38 bits per heavy atom. The Morgan fingerprint density at radius 2 is 1.09 bits per heavy atom. The second kappa shape index (κ2) is 11.5. The molecule has 0 unspecified atom stereocenters. The number of nitrogens with zero attached hydrogens (tertiary/aromatic N) is 1. The van der Waals surface area contributed by atoms with Gasteiger partial charge in [0.05, 0.1) is 9.82 Å². The van der Waals surface area contributed by atoms with Gasteiger partial charge in [-0.05, 0) is 59.4 Å². The minimum Gasteiger partial charge on any atom is -0.744 e. The molecule has 3 rings (SSSR count). The summed E-state index contributed by atoms with van der Waals surface area (Å²) in [4.78, 5) is 8.99. The molecule has 8 heteroatoms. The van der Waals surface area contributed by atoms with E-state index < -0.39 is 19.9 Å². The summed E-state index contributed by atoms with van der Waals surface area (Å²) in [5.41, 5.74) is 2.61. The Balaban J connectivity index is 0.000000244. The van der Waals surface area contributed by atoms with E-state index in [0.717, 1.165) is 24.3 Å². The summed E-state index contributed by atoms with van der Waals surface area (Å²) in [6.45, 7) is 8.98. The second-order valence-electron chi connectivity index (χ2n) is 7.71. The fourth-order valence-corrected chi connectivity index (χ4v) is 5.31. The first kappa shape index (κ1) is 26.0. The lowest BCUT2D eigenvalue weighted by Gasteiger charge is -2.04. The van der Waals surface area contributed by atoms with Crippen molar-refractivity contribution in [3.63, 3.8) is 0 Å². The van der Waals surface area contributed by atoms with Crippen LogP contribution in [0.1, 0.15) is 50.7 Å². The van der Waals surface area contributed by atoms with Crippen LogP contribution in [-0.4, -0.2) is 17.9 Å². The quantitative estimate of drug-likeness (QED) is 0.197. The largest absolute Gasteiger partial charge is 0.744 e. The van der Waals surface area contributed by atoms with Crippen LogP contribution in [0.15, 0.2) is 77.7 Å². The molecule has 0 saturated carbocycles. The molecule has 32 heavy (non-hydrogen) atoms. The topological polar surface area (TPSA) is 100 Å². The fourth-order valence-electron chi connectivity index (χ4n) is 2.68. The number of rotatable bonds is 6. The summed E-state index contributed by atoms with van der Waals surface area (Å²) in [7, 11) is -4.52. The molecule has 0 amide bonds. The third-order valence-corrected chi connectivity index (χ3v) is 8.16. The van der Waals surface area contributed by atoms with E-state index in [9.17, 15) is 23.1 Å². The molecule has 0 fully saturated rings. The first-order valence-corrected chi connectivity index (χ1v) is 13.6. The Hall–Kier alpha value is -2.30. The van der Waals surface area contributed by atoms with Crippen LogP contribution >= 0.6 is 0 Å². The van der Waals surface area contributed by atoms with Crippen molar-refractivity contribution in [1.82, 2.24) is 0 Å². The van der Waals surface area contributed by atoms with E-state index in [2.05, 4.69) is 76.2 Å². The van der Waals surface area contributed by atoms with Crippen LogP contribution in [0, 0.1) is 17.3 Å². The molecule has 6 nitrogen and oxygen atoms in total. The first-order chi connectivity index (χ1) is 15.0. The number of benzene rings is 3. The summed E-state index contributed by atoms with van der Waals surface area (Å²) >= 11 is -0.0366. The van der Waals surface area contributed by atoms with Gasteiger partial charge in [0.25, 0.3) is 5.69 Å². The highest BCUT2D eigenvalue weighted by atomic mass is 127. The van der Waals surface area contributed by atoms with E-state index in [-0.39, 0.29) is 26.9 Å². The van der Waals surface area contributed by atoms with Crippen molar-refractivity contribution in [3.05, 3.63) is 101 Å². The van der Waals surface area contributed by atoms with Gasteiger partial charge in [-0.2, -0.15) is 0 Å². The highest BCUT2D eigenvalue weighted by molar-refractivity contribution is 7.85. The molecule has 0 saturated heterocycles. The molecule has 0 aliphatic heterocycles. The number of nitro groups is 1. The van der Waals surface area contributed by atoms with Gasteiger partial charge in [0.1, 0.15) is 10.1 Å². The van der Waals surface area contributed by atoms with E-state index >= 15 is 0 Å². The maximum Gasteiger partial charge on any atom is 0.357 e. The van der Waals surface area contributed by atoms with Crippen molar-refractivity contribution < 1.29 is 39.1 Å². The van der Waals surface area contributed by atoms with Crippen molar-refractivity contribution in [2.24, 2.45) is 0 Å². The van der Waals surface area contributed by atoms with E-state index in [0.29, 0.717) is 11.8 Å². The predicted octanol–water partition coefficient (Wildman–Crippen LogP) is 2.56. The van der Waals surface area contributed by atoms with Crippen LogP contribution in [0.4, 0.5) is 5.69 Å². The SMILES string of the molecule is CC(C)c1ccc([I+]c2ccc(C(C)C)cc2)cc1.O=[N+]([O-])c1ccc(S(=O)(=O)[O-])cc1. The summed E-state index contributed by atoms with van der Waals surface area (Å²) in [5.74, 6) is 1.25. The molecule has 0 N–H and O–H groups in total. The Labute approximate surface area is 199 Å². The zero-order chi connectivity index (χ0) is 23.9. The zero-order valence-electron chi connectivity index (χ0n) is 18.4. The minimum atomic E-state index is -4.52. The van der Waals surface area contributed by atoms with Crippen LogP contribution in [0.2, 0.25) is 0 Å². The lowest BCUT2D eigenvalue weighted by molar-refractivity contribution is -0.597. The number of halogens is 1. The van der Waals surface area contributed by atoms with Gasteiger partial charge in [-0.1, -0.05) is 52.0 Å². The van der Waals surface area contributed by atoms with E-state index in [1.54, 1.807) is 0 Å². The average Bonchev–Trinajstić information content (AvgIpc) is 2.74. The summed E-state index contributed by atoms with van der Waals surface area (Å²) in [6.07, 6.45) is 0. The Bertz CT molecular complexity index is 1080. The highest BCUT2D eigenvalue weighted by Crippen LogP contribution is 2.15. The van der Waals surface area contributed by atoms with Gasteiger partial charge in [0.2, 0.25) is 0 Å². The van der Waals surface area contributed by atoms with Crippen molar-refractivity contribution in [2.75, 3.05) is 0 Å². The molecule has 0 radical (unpaired) electrons. The second-order valence-corrected chi connectivity index (χ2v) is 12.1. The number of hydrogen-bond acceptors (Lipinski definition) is 5. The Morgan fingerprint density at radius 1 is 0.719 bits per heavy atom. The van der Waals surface area contributed by atoms with Crippen molar-refractivity contribution >= 4 is 15.8 Å². The van der Waals surface area contributed by atoms with Crippen LogP contribution in [0.3, 0.4) is 0 Å². The molecule has 170 valence electrons. The summed E-state index contributed by atoms with van der Waals surface area (Å²) < 4.78 is 34.2. The van der Waals surface area contributed by atoms with E-state index in [1.807, 2.05) is 0 Å². The van der Waals surface area contributed by atoms with E-state index in [4.69, 9.17) is 0 Å². The van der Waals surface area contributed by atoms with Crippen molar-refractivity contribution in [1.29, 1.82) is 0 Å². The molecular weight excluding hydrogens is 541 g/mol. The first-order valence-electron chi connectivity index (χ1n) is 10.0. The Kier molecular flexibility index (Phi) is 9.35. The van der Waals surface area contributed by atoms with Gasteiger partial charge in [0.15, 0.2) is 7.14 Å². The zero-order valence-corrected chi connectivity index (χ0v) is 21.3. The van der Waals surface area contributed by atoms with Gasteiger partial charge in [-0.15, -0.1) is 0 Å². The average molecular weight is 567 g/mol. The molecular formula is C24H26INO5S. The maximum absolute atomic E-state index is 10.4. The normalized spacial score (nSPS) is 11.2. The van der Waals surface area contributed by atoms with E-state index in [1.165, 1.54) is 18.3 Å². The monoisotopic (exact) mass is 567 g/mol. The fraction of sp³-hybridized carbons (Fsp3) is 0.250. The van der Waals surface area contributed by atoms with Crippen LogP contribution in [0.5, 0.6) is 0 Å². The van der Waals surface area contributed by atoms with Crippen LogP contribution in [-0.2, 0) is 10.1 Å². The number of hydrogen-bond donors (Lipinski definition) is 0. The summed E-state index contributed by atoms with van der Waals surface area (Å²) in [6, 6.07) is 22.1. The van der Waals surface area contributed by atoms with Gasteiger partial charge in [-0.3, -0.25) is 10.1 Å². The number of nitro benzene ring substituents is 1. The standard InChI is InChI=1S/C18H22I.C6H5NO5S/c1-13(2)15-5-9-17(10-6-15)19-18-11-7-16(8-12-18)14(3)4;8-7(9)5-1-3-6(4-2-5)13(10,11)12/h5-14H,1-4H3;1-4H,(H,10,11,12)/q+1;/p-1. The van der Waals surface area contributed by atoms with Gasteiger partial charge in [-0.25, -0.2) is 8.42 Å². The third-order valence-electron chi connectivity index (χ3n) is 4.63.